The van der Waals surface area contributed by atoms with Crippen molar-refractivity contribution in [3.63, 3.8) is 0 Å². The van der Waals surface area contributed by atoms with E-state index in [0.29, 0.717) is 28.1 Å². The van der Waals surface area contributed by atoms with Crippen LogP contribution >= 0.6 is 11.6 Å². The minimum absolute atomic E-state index is 0. The topological polar surface area (TPSA) is 0 Å². The lowest BCUT2D eigenvalue weighted by Gasteiger charge is -2.62. The minimum atomic E-state index is -1.75. The Bertz CT molecular complexity index is 3760. The Morgan fingerprint density at radius 2 is 0.616 bits per heavy atom. The zero-order valence-electron chi connectivity index (χ0n) is 79.1. The van der Waals surface area contributed by atoms with Gasteiger partial charge in [-0.2, -0.15) is 0 Å². The molecule has 4 aliphatic carbocycles. The van der Waals surface area contributed by atoms with E-state index in [1.165, 1.54) is 84.8 Å². The zero-order chi connectivity index (χ0) is 86.5. The molecule has 0 N–H and O–H groups in total. The standard InChI is InChI=1S/C16H26.C14H24.2C12H18.C11H15Cl.C11H12F4.2C11H16.C8H18.CH4/c1-11(2)13-9-8-10-14(12(3)4)15(13)16(5,6)7;1-13(2,3)14-7-10-4-11(8-14)6-12(5-10)9-14;1-9-6-10(2)8-11(7-9)12(3,4)5;1-9-7-6-8-10(2)11(9)12(3,4)5;1-8-6-5-7-9(12)10(8)11(2,3)4;1-5-6(11(2,3)4)8(13)10(15)9(14)7(5)12;2*1-9-7-5-6-8-10(9)11(2,3)4;1-7(2,3)8(4,5)6;/h8-12H,1-7H3;10-12H,4-9H2,1-3H3;2*6-8H,1-5H3;5-7H,1-4H3;1-4H3;2*5-8H,1-4H3;1-6H3;1H4. The van der Waals surface area contributed by atoms with Gasteiger partial charge < -0.3 is 0 Å². The predicted molar refractivity (Wildman–Crippen MR) is 493 cm³/mol. The summed E-state index contributed by atoms with van der Waals surface area (Å²) >= 11 is 6.11. The molecule has 0 spiro atoms. The molecule has 4 saturated carbocycles. The molecular weight excluding hydrogens is 1400 g/mol. The smallest absolute Gasteiger partial charge is 0.197 e. The van der Waals surface area contributed by atoms with Crippen LogP contribution in [0.25, 0.3) is 0 Å². The molecule has 0 aliphatic heterocycles. The normalized spacial score (nSPS) is 16.9. The zero-order valence-corrected chi connectivity index (χ0v) is 79.8. The third-order valence-electron chi connectivity index (χ3n) is 23.5. The molecule has 4 bridgehead atoms. The van der Waals surface area contributed by atoms with Crippen LogP contribution in [0.5, 0.6) is 0 Å². The van der Waals surface area contributed by atoms with Crippen LogP contribution in [0.2, 0.25) is 5.02 Å². The van der Waals surface area contributed by atoms with Crippen LogP contribution in [-0.2, 0) is 37.9 Å². The average molecular weight is 1560 g/mol. The molecule has 112 heavy (non-hydrogen) atoms. The number of rotatable bonds is 2. The lowest BCUT2D eigenvalue weighted by atomic mass is 9.43. The molecule has 4 aliphatic rings. The second-order valence-electron chi connectivity index (χ2n) is 44.3. The third-order valence-corrected chi connectivity index (χ3v) is 23.8. The van der Waals surface area contributed by atoms with Crippen LogP contribution in [0.3, 0.4) is 0 Å². The fraction of sp³-hybridized carbons (Fsp3) is 0.607. The lowest BCUT2D eigenvalue weighted by Crippen LogP contribution is -2.51. The van der Waals surface area contributed by atoms with E-state index in [1.54, 1.807) is 64.9 Å². The molecule has 0 aromatic heterocycles. The summed E-state index contributed by atoms with van der Waals surface area (Å²) in [5.74, 6) is -1.58. The number of aryl methyl sites for hydroxylation is 7. The summed E-state index contributed by atoms with van der Waals surface area (Å²) in [6, 6.07) is 43.2. The van der Waals surface area contributed by atoms with Gasteiger partial charge in [-0.25, -0.2) is 17.6 Å². The highest BCUT2D eigenvalue weighted by Gasteiger charge is 2.55. The van der Waals surface area contributed by atoms with Crippen molar-refractivity contribution < 1.29 is 17.6 Å². The maximum absolute atomic E-state index is 13.4. The van der Waals surface area contributed by atoms with Crippen LogP contribution in [-0.4, -0.2) is 0 Å². The molecule has 630 valence electrons. The Morgan fingerprint density at radius 1 is 0.321 bits per heavy atom. The van der Waals surface area contributed by atoms with E-state index >= 15 is 0 Å². The van der Waals surface area contributed by atoms with Crippen molar-refractivity contribution in [2.75, 3.05) is 0 Å². The highest BCUT2D eigenvalue weighted by Crippen LogP contribution is 2.66. The van der Waals surface area contributed by atoms with Gasteiger partial charge in [-0.1, -0.05) is 381 Å². The molecule has 0 heterocycles. The number of hydrogen-bond acceptors (Lipinski definition) is 0. The predicted octanol–water partition coefficient (Wildman–Crippen LogP) is 34.8. The fourth-order valence-corrected chi connectivity index (χ4v) is 17.4. The highest BCUT2D eigenvalue weighted by atomic mass is 35.5. The van der Waals surface area contributed by atoms with Crippen molar-refractivity contribution in [3.8, 4) is 0 Å². The summed E-state index contributed by atoms with van der Waals surface area (Å²) in [5, 5.41) is 0.877. The Labute approximate surface area is 694 Å². The number of benzene rings is 7. The first-order chi connectivity index (χ1) is 49.9. The molecular formula is C107H167ClF4. The second kappa shape index (κ2) is 41.1. The first-order valence-corrected chi connectivity index (χ1v) is 42.3. The Kier molecular flexibility index (Phi) is 38.4. The molecule has 7 aromatic carbocycles. The van der Waals surface area contributed by atoms with Crippen molar-refractivity contribution in [3.05, 3.63) is 244 Å². The van der Waals surface area contributed by atoms with Gasteiger partial charge in [0.25, 0.3) is 0 Å². The van der Waals surface area contributed by atoms with Gasteiger partial charge in [-0.15, -0.1) is 0 Å². The molecule has 0 saturated heterocycles. The van der Waals surface area contributed by atoms with Gasteiger partial charge in [0.05, 0.1) is 0 Å². The molecule has 7 aromatic rings. The summed E-state index contributed by atoms with van der Waals surface area (Å²) in [7, 11) is 0. The van der Waals surface area contributed by atoms with Crippen LogP contribution in [0, 0.1) is 118 Å². The maximum Gasteiger partial charge on any atom is 0.197 e. The van der Waals surface area contributed by atoms with Gasteiger partial charge in [0, 0.05) is 10.6 Å². The van der Waals surface area contributed by atoms with Gasteiger partial charge in [-0.3, -0.25) is 0 Å². The maximum atomic E-state index is 13.4. The van der Waals surface area contributed by atoms with Crippen LogP contribution in [0.1, 0.15) is 388 Å². The summed E-state index contributed by atoms with van der Waals surface area (Å²) in [4.78, 5) is 0. The molecule has 0 radical (unpaired) electrons. The van der Waals surface area contributed by atoms with Gasteiger partial charge in [0.1, 0.15) is 0 Å². The number of halogens is 5. The quantitative estimate of drug-likeness (QED) is 0.0919. The largest absolute Gasteiger partial charge is 0.203 e. The highest BCUT2D eigenvalue weighted by molar-refractivity contribution is 6.31. The molecule has 0 nitrogen and oxygen atoms in total. The first kappa shape index (κ1) is 105. The van der Waals surface area contributed by atoms with Crippen LogP contribution in [0.15, 0.2) is 121 Å². The summed E-state index contributed by atoms with van der Waals surface area (Å²) in [6.45, 7) is 91.9. The Balaban J connectivity index is 0.000000633. The van der Waals surface area contributed by atoms with E-state index in [0.717, 1.165) is 28.2 Å². The van der Waals surface area contributed by atoms with E-state index < -0.39 is 28.7 Å². The molecule has 5 heteroatoms. The van der Waals surface area contributed by atoms with Gasteiger partial charge >= 0.3 is 0 Å². The van der Waals surface area contributed by atoms with Gasteiger partial charge in [-0.05, 0) is 267 Å². The molecule has 0 unspecified atom stereocenters. The van der Waals surface area contributed by atoms with Gasteiger partial charge in [0.2, 0.25) is 0 Å². The van der Waals surface area contributed by atoms with E-state index in [-0.39, 0.29) is 51.0 Å². The van der Waals surface area contributed by atoms with E-state index in [2.05, 4.69) is 372 Å². The Morgan fingerprint density at radius 3 is 0.866 bits per heavy atom. The van der Waals surface area contributed by atoms with Gasteiger partial charge in [0.15, 0.2) is 23.3 Å². The van der Waals surface area contributed by atoms with E-state index in [4.69, 9.17) is 11.6 Å². The lowest BCUT2D eigenvalue weighted by molar-refractivity contribution is -0.113. The SMILES string of the molecule is C.CC(C)(C)C(C)(C)C.CC(C)(C)C12CC3CC(CC(C3)C1)C2.CC(C)c1cccc(C(C)C)c1C(C)(C)C.Cc1c(F)c(F)c(F)c(F)c1C(C)(C)C.Cc1cc(C)cc(C(C)(C)C)c1.Cc1cccc(C)c1C(C)(C)C.Cc1cccc(Cl)c1C(C)(C)C.Cc1ccccc1C(C)(C)C.Cc1ccccc1C(C)(C)C. The summed E-state index contributed by atoms with van der Waals surface area (Å²) in [6.07, 6.45) is 9.41. The first-order valence-electron chi connectivity index (χ1n) is 41.9. The fourth-order valence-electron chi connectivity index (χ4n) is 16.9. The van der Waals surface area contributed by atoms with E-state index in [9.17, 15) is 17.6 Å². The molecule has 0 amide bonds. The van der Waals surface area contributed by atoms with Crippen molar-refractivity contribution in [1.29, 1.82) is 0 Å². The van der Waals surface area contributed by atoms with Crippen molar-refractivity contribution in [1.82, 2.24) is 0 Å². The van der Waals surface area contributed by atoms with Crippen molar-refractivity contribution in [2.45, 2.75) is 386 Å². The summed E-state index contributed by atoms with van der Waals surface area (Å²) in [5.41, 5.74) is 23.8. The van der Waals surface area contributed by atoms with Crippen molar-refractivity contribution >= 4 is 11.6 Å². The monoisotopic (exact) mass is 1560 g/mol. The second-order valence-corrected chi connectivity index (χ2v) is 44.7. The molecule has 0 atom stereocenters. The van der Waals surface area contributed by atoms with Crippen LogP contribution in [0.4, 0.5) is 17.6 Å². The summed E-state index contributed by atoms with van der Waals surface area (Å²) < 4.78 is 52.4. The molecule has 4 fully saturated rings. The van der Waals surface area contributed by atoms with Crippen LogP contribution < -0.4 is 0 Å². The number of hydrogen-bond donors (Lipinski definition) is 0. The molecule has 11 rings (SSSR count). The van der Waals surface area contributed by atoms with E-state index in [1.807, 2.05) is 12.1 Å². The Hall–Kier alpha value is -5.45. The average Bonchev–Trinajstić information content (AvgIpc) is 0.748. The van der Waals surface area contributed by atoms with Crippen molar-refractivity contribution in [2.24, 2.45) is 39.4 Å². The minimum Gasteiger partial charge on any atom is -0.203 e. The third kappa shape index (κ3) is 31.2.